The molecule has 0 aromatic heterocycles. The molecule has 0 radical (unpaired) electrons. The number of aliphatic carboxylic acids is 1. The van der Waals surface area contributed by atoms with Crippen LogP contribution in [0.15, 0.2) is 34.5 Å². The smallest absolute Gasteiger partial charge is 0.408 e. The average Bonchev–Trinajstić information content (AvgIpc) is 3.57. The van der Waals surface area contributed by atoms with Crippen LogP contribution in [0.2, 0.25) is 0 Å². The molecule has 43 heavy (non-hydrogen) atoms. The zero-order valence-electron chi connectivity index (χ0n) is 26.0. The lowest BCUT2D eigenvalue weighted by Crippen LogP contribution is -2.57. The van der Waals surface area contributed by atoms with E-state index in [0.29, 0.717) is 12.3 Å². The van der Waals surface area contributed by atoms with Gasteiger partial charge in [0.15, 0.2) is 0 Å². The fraction of sp³-hybridized carbons (Fsp3) is 0.636. The summed E-state index contributed by atoms with van der Waals surface area (Å²) in [4.78, 5) is 45.7. The normalized spacial score (nSPS) is 28.4. The van der Waals surface area contributed by atoms with Crippen molar-refractivity contribution in [2.45, 2.75) is 110 Å². The Balaban J connectivity index is 1.50. The number of hydrogen-bond acceptors (Lipinski definition) is 7. The van der Waals surface area contributed by atoms with Gasteiger partial charge in [0, 0.05) is 6.42 Å². The van der Waals surface area contributed by atoms with E-state index in [4.69, 9.17) is 19.2 Å². The number of alkyl carbamates (subject to hydrolysis) is 1. The maximum absolute atomic E-state index is 14.0. The molecule has 234 valence electrons. The zero-order valence-corrected chi connectivity index (χ0v) is 26.0. The summed E-state index contributed by atoms with van der Waals surface area (Å²) in [5.74, 6) is 0.269. The summed E-state index contributed by atoms with van der Waals surface area (Å²) >= 11 is 0. The molecule has 3 aliphatic heterocycles. The summed E-state index contributed by atoms with van der Waals surface area (Å²) < 4.78 is 17.8. The second-order valence-electron chi connectivity index (χ2n) is 13.3. The average molecular weight is 596 g/mol. The molecular weight excluding hydrogens is 550 g/mol. The Labute approximate surface area is 253 Å². The fourth-order valence-electron chi connectivity index (χ4n) is 6.43. The summed E-state index contributed by atoms with van der Waals surface area (Å²) in [6.45, 7) is 7.73. The van der Waals surface area contributed by atoms with E-state index in [1.54, 1.807) is 7.11 Å². The van der Waals surface area contributed by atoms with Gasteiger partial charge in [-0.3, -0.25) is 4.79 Å². The first-order valence-corrected chi connectivity index (χ1v) is 15.6. The van der Waals surface area contributed by atoms with E-state index in [1.165, 1.54) is 4.90 Å². The number of nitrogens with one attached hydrogen (secondary N) is 1. The van der Waals surface area contributed by atoms with Crippen molar-refractivity contribution in [1.29, 1.82) is 0 Å². The summed E-state index contributed by atoms with van der Waals surface area (Å²) in [5, 5.41) is 12.9. The maximum Gasteiger partial charge on any atom is 0.408 e. The third kappa shape index (κ3) is 6.99. The van der Waals surface area contributed by atoms with Crippen LogP contribution < -0.4 is 10.1 Å². The highest BCUT2D eigenvalue weighted by Crippen LogP contribution is 2.39. The molecule has 1 aromatic carbocycles. The molecule has 2 bridgehead atoms. The van der Waals surface area contributed by atoms with Crippen LogP contribution in [-0.2, 0) is 25.5 Å². The van der Waals surface area contributed by atoms with Crippen molar-refractivity contribution in [3.63, 3.8) is 0 Å². The van der Waals surface area contributed by atoms with Gasteiger partial charge in [0.05, 0.1) is 25.1 Å². The lowest BCUT2D eigenvalue weighted by atomic mass is 9.85. The topological polar surface area (TPSA) is 127 Å². The molecule has 1 saturated carbocycles. The Hall–Kier alpha value is -3.56. The van der Waals surface area contributed by atoms with Gasteiger partial charge in [-0.25, -0.2) is 14.6 Å². The molecule has 5 rings (SSSR count). The van der Waals surface area contributed by atoms with Crippen LogP contribution in [0.4, 0.5) is 10.5 Å². The Morgan fingerprint density at radius 1 is 1.16 bits per heavy atom. The predicted molar refractivity (Wildman–Crippen MR) is 162 cm³/mol. The van der Waals surface area contributed by atoms with Crippen LogP contribution in [0.3, 0.4) is 0 Å². The van der Waals surface area contributed by atoms with Crippen LogP contribution in [0.1, 0.15) is 84.6 Å². The molecule has 5 unspecified atom stereocenters. The molecule has 0 spiro atoms. The molecule has 10 heteroatoms. The highest BCUT2D eigenvalue weighted by Gasteiger charge is 2.47. The number of amides is 2. The fourth-order valence-corrected chi connectivity index (χ4v) is 6.43. The highest BCUT2D eigenvalue weighted by atomic mass is 16.6. The standard InChI is InChI=1S/C33H45N3O7/c1-6-19-14-21-15-22(41-5)12-13-24(21)34-25-11-9-7-8-10-20-16-27(20)43-32(40)35-29(33(2,3)4)30(37)36-18-23(42-28(19)25)17-26(36)31(38)39/h12-13,15,20,23,26-27,29H,6-11,14,16-18H2,1-5H3,(H,35,40)(H,38,39). The Morgan fingerprint density at radius 3 is 2.65 bits per heavy atom. The molecule has 2 saturated heterocycles. The molecule has 2 N–H and O–H groups in total. The second kappa shape index (κ2) is 12.6. The number of benzene rings is 1. The summed E-state index contributed by atoms with van der Waals surface area (Å²) in [7, 11) is 1.65. The van der Waals surface area contributed by atoms with Crippen molar-refractivity contribution < 1.29 is 33.7 Å². The van der Waals surface area contributed by atoms with Crippen molar-refractivity contribution in [2.24, 2.45) is 16.3 Å². The third-order valence-corrected chi connectivity index (χ3v) is 9.05. The van der Waals surface area contributed by atoms with Crippen LogP contribution in [0.25, 0.3) is 0 Å². The number of aliphatic imine (C=N–C) groups is 1. The van der Waals surface area contributed by atoms with Crippen LogP contribution in [0.5, 0.6) is 5.75 Å². The SMILES string of the molecule is CCC1=C2OC3CC(C(=O)O)N(C3)C(=O)C(C(C)(C)C)NC(=O)OC3CC3CCCCCC2=Nc2ccc(OC)cc2C1. The lowest BCUT2D eigenvalue weighted by molar-refractivity contribution is -0.150. The van der Waals surface area contributed by atoms with Crippen LogP contribution >= 0.6 is 0 Å². The van der Waals surface area contributed by atoms with E-state index < -0.39 is 41.6 Å². The Kier molecular flexibility index (Phi) is 9.04. The zero-order chi connectivity index (χ0) is 30.9. The summed E-state index contributed by atoms with van der Waals surface area (Å²) in [6, 6.07) is 3.88. The number of allylic oxidation sites excluding steroid dienone is 2. The number of ether oxygens (including phenoxy) is 3. The Bertz CT molecular complexity index is 1310. The van der Waals surface area contributed by atoms with Crippen LogP contribution in [-0.4, -0.2) is 71.6 Å². The minimum absolute atomic E-state index is 0.0956. The molecular formula is C33H45N3O7. The molecule has 2 amide bonds. The maximum atomic E-state index is 14.0. The summed E-state index contributed by atoms with van der Waals surface area (Å²) in [5.41, 5.74) is 3.23. The van der Waals surface area contributed by atoms with E-state index in [1.807, 2.05) is 39.0 Å². The number of carbonyl (C=O) groups excluding carboxylic acids is 2. The predicted octanol–water partition coefficient (Wildman–Crippen LogP) is 5.55. The van der Waals surface area contributed by atoms with Gasteiger partial charge in [0.2, 0.25) is 5.91 Å². The molecule has 5 atom stereocenters. The highest BCUT2D eigenvalue weighted by molar-refractivity contribution is 6.01. The summed E-state index contributed by atoms with van der Waals surface area (Å²) in [6.07, 6.45) is 5.69. The van der Waals surface area contributed by atoms with Crippen molar-refractivity contribution in [3.05, 3.63) is 35.1 Å². The van der Waals surface area contributed by atoms with E-state index in [-0.39, 0.29) is 19.1 Å². The number of hydrogen-bond donors (Lipinski definition) is 2. The first kappa shape index (κ1) is 30.9. The minimum Gasteiger partial charge on any atom is -0.497 e. The molecule has 1 aliphatic carbocycles. The van der Waals surface area contributed by atoms with Crippen molar-refractivity contribution in [1.82, 2.24) is 10.2 Å². The molecule has 3 fully saturated rings. The van der Waals surface area contributed by atoms with Crippen LogP contribution in [0, 0.1) is 11.3 Å². The largest absolute Gasteiger partial charge is 0.497 e. The number of fused-ring (bicyclic) bond motifs is 5. The van der Waals surface area contributed by atoms with Crippen molar-refractivity contribution >= 4 is 29.4 Å². The van der Waals surface area contributed by atoms with Crippen molar-refractivity contribution in [3.8, 4) is 5.75 Å². The number of carboxylic acid groups (broad SMARTS) is 1. The van der Waals surface area contributed by atoms with Gasteiger partial charge in [-0.2, -0.15) is 0 Å². The monoisotopic (exact) mass is 595 g/mol. The number of methoxy groups -OCH3 is 1. The van der Waals surface area contributed by atoms with Crippen molar-refractivity contribution in [2.75, 3.05) is 13.7 Å². The molecule has 1 aromatic rings. The van der Waals surface area contributed by atoms with Gasteiger partial charge in [-0.15, -0.1) is 0 Å². The Morgan fingerprint density at radius 2 is 1.95 bits per heavy atom. The van der Waals surface area contributed by atoms with E-state index in [9.17, 15) is 19.5 Å². The van der Waals surface area contributed by atoms with E-state index in [0.717, 1.165) is 79.0 Å². The number of carbonyl (C=O) groups is 3. The second-order valence-corrected chi connectivity index (χ2v) is 13.3. The van der Waals surface area contributed by atoms with E-state index in [2.05, 4.69) is 12.2 Å². The first-order valence-electron chi connectivity index (χ1n) is 15.6. The van der Waals surface area contributed by atoms with Gasteiger partial charge in [0.25, 0.3) is 0 Å². The minimum atomic E-state index is -1.10. The quantitative estimate of drug-likeness (QED) is 0.469. The van der Waals surface area contributed by atoms with Gasteiger partial charge in [-0.05, 0) is 79.2 Å². The lowest BCUT2D eigenvalue weighted by Gasteiger charge is -2.34. The van der Waals surface area contributed by atoms with Gasteiger partial charge in [0.1, 0.15) is 35.8 Å². The third-order valence-electron chi connectivity index (χ3n) is 9.05. The van der Waals surface area contributed by atoms with Gasteiger partial charge < -0.3 is 29.5 Å². The molecule has 4 aliphatic rings. The number of rotatable bonds is 3. The van der Waals surface area contributed by atoms with E-state index >= 15 is 0 Å². The first-order chi connectivity index (χ1) is 20.5. The molecule has 3 heterocycles. The molecule has 10 nitrogen and oxygen atoms in total. The number of carboxylic acids is 1. The van der Waals surface area contributed by atoms with Gasteiger partial charge >= 0.3 is 12.1 Å². The van der Waals surface area contributed by atoms with Gasteiger partial charge in [-0.1, -0.05) is 40.5 Å². The number of nitrogens with zero attached hydrogens (tertiary/aromatic N) is 2.